The molecule has 4 amide bonds. The Morgan fingerprint density at radius 1 is 1.10 bits per heavy atom. The Bertz CT molecular complexity index is 1230. The van der Waals surface area contributed by atoms with Gasteiger partial charge in [-0.05, 0) is 32.2 Å². The molecule has 3 N–H and O–H groups in total. The van der Waals surface area contributed by atoms with Crippen molar-refractivity contribution in [2.45, 2.75) is 52.2 Å². The van der Waals surface area contributed by atoms with Crippen LogP contribution in [0, 0.1) is 10.8 Å². The van der Waals surface area contributed by atoms with E-state index in [-0.39, 0.29) is 32.0 Å². The lowest BCUT2D eigenvalue weighted by molar-refractivity contribution is -0.138. The zero-order valence-electron chi connectivity index (χ0n) is 23.7. The summed E-state index contributed by atoms with van der Waals surface area (Å²) in [7, 11) is 3.06. The highest BCUT2D eigenvalue weighted by Gasteiger charge is 2.66. The molecule has 14 nitrogen and oxygen atoms in total. The highest BCUT2D eigenvalue weighted by atomic mass is 16.6. The number of carbonyl (C=O) groups is 5. The molecule has 0 unspecified atom stereocenters. The van der Waals surface area contributed by atoms with Gasteiger partial charge in [-0.15, -0.1) is 0 Å². The van der Waals surface area contributed by atoms with Crippen LogP contribution >= 0.6 is 0 Å². The largest absolute Gasteiger partial charge is 0.440 e. The Balaban J connectivity index is 1.52. The van der Waals surface area contributed by atoms with Crippen LogP contribution in [-0.2, 0) is 23.9 Å². The van der Waals surface area contributed by atoms with Crippen molar-refractivity contribution in [1.29, 1.82) is 0 Å². The van der Waals surface area contributed by atoms with E-state index in [9.17, 15) is 29.1 Å². The summed E-state index contributed by atoms with van der Waals surface area (Å²) in [6.07, 6.45) is 1.86. The number of ether oxygens (including phenoxy) is 1. The third-order valence-corrected chi connectivity index (χ3v) is 8.12. The standard InChI is InChI=1S/C26H37N7O7/c1-15-20-16(21(37)25(4,39)26(15)7-8-26)11-24(2,3)22(20)40-23(38)33(6)10-9-32(5)19(36)14-29-17(34)12-28-18(35)13-30-31-27/h11,22,39H,7-10,12-14H2,1-6H3,(H,28,35)(H,29,34)/t22-,25+/m1/s1. The second-order valence-corrected chi connectivity index (χ2v) is 11.3. The summed E-state index contributed by atoms with van der Waals surface area (Å²) in [6, 6.07) is 0. The first-order chi connectivity index (χ1) is 18.6. The first kappa shape index (κ1) is 30.6. The van der Waals surface area contributed by atoms with Crippen LogP contribution in [0.2, 0.25) is 0 Å². The van der Waals surface area contributed by atoms with Gasteiger partial charge in [0.2, 0.25) is 17.7 Å². The van der Waals surface area contributed by atoms with E-state index in [0.29, 0.717) is 24.0 Å². The molecule has 14 heteroatoms. The lowest BCUT2D eigenvalue weighted by atomic mass is 9.67. The first-order valence-electron chi connectivity index (χ1n) is 13.0. The lowest BCUT2D eigenvalue weighted by Crippen LogP contribution is -2.50. The molecule has 1 fully saturated rings. The zero-order chi connectivity index (χ0) is 30.0. The normalized spacial score (nSPS) is 23.4. The van der Waals surface area contributed by atoms with Gasteiger partial charge in [-0.3, -0.25) is 19.2 Å². The average molecular weight is 560 g/mol. The molecular weight excluding hydrogens is 522 g/mol. The summed E-state index contributed by atoms with van der Waals surface area (Å²) in [5, 5.41) is 18.8. The molecule has 0 bridgehead atoms. The van der Waals surface area contributed by atoms with Gasteiger partial charge in [0, 0.05) is 54.1 Å². The van der Waals surface area contributed by atoms with E-state index in [1.54, 1.807) is 13.0 Å². The van der Waals surface area contributed by atoms with Gasteiger partial charge >= 0.3 is 6.09 Å². The fourth-order valence-electron chi connectivity index (χ4n) is 5.33. The number of hydrogen-bond donors (Lipinski definition) is 3. The van der Waals surface area contributed by atoms with Crippen LogP contribution in [-0.4, -0.2) is 103 Å². The van der Waals surface area contributed by atoms with Crippen molar-refractivity contribution in [1.82, 2.24) is 20.4 Å². The Hall–Kier alpha value is -3.90. The van der Waals surface area contributed by atoms with Gasteiger partial charge in [-0.1, -0.05) is 30.6 Å². The third kappa shape index (κ3) is 5.82. The number of rotatable bonds is 10. The average Bonchev–Trinajstić information content (AvgIpc) is 3.67. The molecular formula is C26H37N7O7. The van der Waals surface area contributed by atoms with Crippen LogP contribution in [0.15, 0.2) is 27.9 Å². The number of fused-ring (bicyclic) bond motifs is 1. The van der Waals surface area contributed by atoms with E-state index in [2.05, 4.69) is 20.7 Å². The Morgan fingerprint density at radius 3 is 2.30 bits per heavy atom. The van der Waals surface area contributed by atoms with Crippen molar-refractivity contribution in [2.75, 3.05) is 46.8 Å². The summed E-state index contributed by atoms with van der Waals surface area (Å²) < 4.78 is 5.93. The minimum Gasteiger partial charge on any atom is -0.440 e. The van der Waals surface area contributed by atoms with Crippen molar-refractivity contribution in [3.05, 3.63) is 33.2 Å². The van der Waals surface area contributed by atoms with Crippen molar-refractivity contribution < 1.29 is 33.8 Å². The van der Waals surface area contributed by atoms with E-state index in [0.717, 1.165) is 5.57 Å². The maximum Gasteiger partial charge on any atom is 0.410 e. The van der Waals surface area contributed by atoms with Gasteiger partial charge < -0.3 is 30.3 Å². The predicted molar refractivity (Wildman–Crippen MR) is 142 cm³/mol. The maximum absolute atomic E-state index is 13.2. The number of nitrogens with zero attached hydrogens (tertiary/aromatic N) is 5. The zero-order valence-corrected chi connectivity index (χ0v) is 23.7. The number of aliphatic hydroxyl groups is 1. The van der Waals surface area contributed by atoms with Crippen molar-refractivity contribution in [3.63, 3.8) is 0 Å². The molecule has 3 aliphatic carbocycles. The summed E-state index contributed by atoms with van der Waals surface area (Å²) in [6.45, 7) is 6.41. The molecule has 0 aromatic heterocycles. The molecule has 3 aliphatic rings. The number of likely N-dealkylation sites (N-methyl/N-ethyl adjacent to an activating group) is 2. The molecule has 0 heterocycles. The number of ketones is 1. The number of hydrogen-bond acceptors (Lipinski definition) is 8. The summed E-state index contributed by atoms with van der Waals surface area (Å²) in [5.41, 5.74) is 7.38. The first-order valence-corrected chi connectivity index (χ1v) is 13.0. The van der Waals surface area contributed by atoms with E-state index >= 15 is 0 Å². The van der Waals surface area contributed by atoms with Crippen molar-refractivity contribution >= 4 is 29.6 Å². The fraction of sp³-hybridized carbons (Fsp3) is 0.654. The molecule has 0 radical (unpaired) electrons. The highest BCUT2D eigenvalue weighted by Crippen LogP contribution is 2.65. The van der Waals surface area contributed by atoms with E-state index in [1.807, 2.05) is 20.8 Å². The Labute approximate surface area is 232 Å². The van der Waals surface area contributed by atoms with Crippen LogP contribution in [0.25, 0.3) is 10.4 Å². The van der Waals surface area contributed by atoms with E-state index in [1.165, 1.54) is 23.9 Å². The van der Waals surface area contributed by atoms with Gasteiger partial charge in [0.15, 0.2) is 5.78 Å². The molecule has 3 rings (SSSR count). The summed E-state index contributed by atoms with van der Waals surface area (Å²) >= 11 is 0. The quantitative estimate of drug-likeness (QED) is 0.200. The van der Waals surface area contributed by atoms with Gasteiger partial charge in [0.05, 0.1) is 13.1 Å². The predicted octanol–water partition coefficient (Wildman–Crippen LogP) is 0.821. The van der Waals surface area contributed by atoms with E-state index in [4.69, 9.17) is 10.3 Å². The SMILES string of the molecule is CC1=C2C(=CC(C)(C)[C@@H]2OC(=O)N(C)CCN(C)C(=O)CNC(=O)CNC(=O)CN=[N+]=[N-])C(=O)[C@](C)(O)C12CC2. The topological polar surface area (TPSA) is 194 Å². The molecule has 0 aliphatic heterocycles. The van der Waals surface area contributed by atoms with Crippen LogP contribution < -0.4 is 10.6 Å². The van der Waals surface area contributed by atoms with Gasteiger partial charge in [0.25, 0.3) is 0 Å². The molecule has 40 heavy (non-hydrogen) atoms. The third-order valence-electron chi connectivity index (χ3n) is 8.12. The molecule has 1 saturated carbocycles. The van der Waals surface area contributed by atoms with Crippen molar-refractivity contribution in [2.24, 2.45) is 15.9 Å². The number of Topliss-reactive ketones (excluding diaryl/α,β-unsaturated/α-hetero) is 1. The highest BCUT2D eigenvalue weighted by molar-refractivity contribution is 6.09. The van der Waals surface area contributed by atoms with Crippen LogP contribution in [0.3, 0.4) is 0 Å². The Kier molecular flexibility index (Phi) is 8.66. The minimum atomic E-state index is -1.49. The van der Waals surface area contributed by atoms with Crippen molar-refractivity contribution in [3.8, 4) is 0 Å². The maximum atomic E-state index is 13.2. The van der Waals surface area contributed by atoms with Gasteiger partial charge in [0.1, 0.15) is 18.2 Å². The summed E-state index contributed by atoms with van der Waals surface area (Å²) in [4.78, 5) is 67.0. The smallest absolute Gasteiger partial charge is 0.410 e. The van der Waals surface area contributed by atoms with E-state index < -0.39 is 52.9 Å². The lowest BCUT2D eigenvalue weighted by Gasteiger charge is -2.40. The monoisotopic (exact) mass is 559 g/mol. The number of nitrogens with one attached hydrogen (secondary N) is 2. The second kappa shape index (κ2) is 11.3. The number of carbonyl (C=O) groups excluding carboxylic acids is 5. The van der Waals surface area contributed by atoms with Crippen LogP contribution in [0.1, 0.15) is 40.5 Å². The fourth-order valence-corrected chi connectivity index (χ4v) is 5.33. The Morgan fingerprint density at radius 2 is 1.70 bits per heavy atom. The molecule has 0 aromatic rings. The molecule has 1 spiro atoms. The minimum absolute atomic E-state index is 0.146. The number of amides is 4. The summed E-state index contributed by atoms with van der Waals surface area (Å²) in [5.74, 6) is -1.97. The molecule has 0 aromatic carbocycles. The molecule has 2 atom stereocenters. The van der Waals surface area contributed by atoms with Gasteiger partial charge in [-0.2, -0.15) is 0 Å². The van der Waals surface area contributed by atoms with Gasteiger partial charge in [-0.25, -0.2) is 4.79 Å². The molecule has 0 saturated heterocycles. The van der Waals surface area contributed by atoms with Crippen LogP contribution in [0.4, 0.5) is 4.79 Å². The number of azide groups is 1. The molecule has 218 valence electrons. The second-order valence-electron chi connectivity index (χ2n) is 11.3. The van der Waals surface area contributed by atoms with Crippen LogP contribution in [0.5, 0.6) is 0 Å².